The number of rotatable bonds is 4. The van der Waals surface area contributed by atoms with Gasteiger partial charge in [-0.25, -0.2) is 9.98 Å². The summed E-state index contributed by atoms with van der Waals surface area (Å²) in [5.74, 6) is 3.20. The number of hydrogen-bond donors (Lipinski definition) is 0. The molecule has 5 heteroatoms. The fourth-order valence-corrected chi connectivity index (χ4v) is 7.17. The van der Waals surface area contributed by atoms with Crippen LogP contribution in [0.4, 0.5) is 0 Å². The second-order valence-corrected chi connectivity index (χ2v) is 16.0. The van der Waals surface area contributed by atoms with Gasteiger partial charge >= 0.3 is 0 Å². The van der Waals surface area contributed by atoms with Crippen molar-refractivity contribution in [1.29, 1.82) is 0 Å². The first kappa shape index (κ1) is 30.5. The maximum atomic E-state index is 6.74. The van der Waals surface area contributed by atoms with Gasteiger partial charge < -0.3 is 9.47 Å². The molecule has 1 fully saturated rings. The monoisotopic (exact) mass is 613 g/mol. The molecule has 2 aromatic heterocycles. The van der Waals surface area contributed by atoms with E-state index in [0.717, 1.165) is 52.7 Å². The molecule has 0 unspecified atom stereocenters. The van der Waals surface area contributed by atoms with Crippen molar-refractivity contribution >= 4 is 27.7 Å². The average Bonchev–Trinajstić information content (AvgIpc) is 3.46. The Balaban J connectivity index is 1.34. The van der Waals surface area contributed by atoms with E-state index in [2.05, 4.69) is 134 Å². The first-order chi connectivity index (χ1) is 21.6. The molecule has 1 aliphatic carbocycles. The molecular weight excluding hydrogens is 566 g/mol. The van der Waals surface area contributed by atoms with Crippen LogP contribution in [0.2, 0.25) is 0 Å². The number of fused-ring (bicyclic) bond motifs is 4. The Labute approximate surface area is 273 Å². The molecule has 0 saturated heterocycles. The molecule has 0 radical (unpaired) electrons. The number of aryl methyl sites for hydroxylation is 1. The normalized spacial score (nSPS) is 21.7. The van der Waals surface area contributed by atoms with Gasteiger partial charge in [0.2, 0.25) is 5.90 Å². The Kier molecular flexibility index (Phi) is 6.94. The number of aliphatic imine (C=N–C) groups is 1. The maximum Gasteiger partial charge on any atom is 0.217 e. The van der Waals surface area contributed by atoms with Gasteiger partial charge in [-0.3, -0.25) is 4.57 Å². The van der Waals surface area contributed by atoms with Gasteiger partial charge in [-0.15, -0.1) is 0 Å². The molecule has 1 aliphatic heterocycles. The van der Waals surface area contributed by atoms with Crippen LogP contribution in [0.25, 0.3) is 27.6 Å². The van der Waals surface area contributed by atoms with Crippen LogP contribution in [0.3, 0.4) is 0 Å². The van der Waals surface area contributed by atoms with Crippen LogP contribution >= 0.6 is 0 Å². The summed E-state index contributed by atoms with van der Waals surface area (Å²) in [6.45, 7) is 20.1. The summed E-state index contributed by atoms with van der Waals surface area (Å²) in [4.78, 5) is 10.1. The predicted octanol–water partition coefficient (Wildman–Crippen LogP) is 10.7. The van der Waals surface area contributed by atoms with Crippen molar-refractivity contribution < 1.29 is 9.47 Å². The molecule has 7 rings (SSSR count). The highest BCUT2D eigenvalue weighted by Crippen LogP contribution is 2.48. The lowest BCUT2D eigenvalue weighted by Gasteiger charge is -2.41. The van der Waals surface area contributed by atoms with Gasteiger partial charge in [-0.05, 0) is 117 Å². The molecule has 3 aromatic carbocycles. The Morgan fingerprint density at radius 2 is 1.50 bits per heavy atom. The Bertz CT molecular complexity index is 2020. The van der Waals surface area contributed by atoms with E-state index in [9.17, 15) is 0 Å². The van der Waals surface area contributed by atoms with Crippen molar-refractivity contribution in [2.45, 2.75) is 110 Å². The van der Waals surface area contributed by atoms with Crippen LogP contribution in [0.15, 0.2) is 77.9 Å². The lowest BCUT2D eigenvalue weighted by atomic mass is 9.72. The average molecular weight is 614 g/mol. The molecule has 0 amide bonds. The van der Waals surface area contributed by atoms with E-state index in [0.29, 0.717) is 0 Å². The van der Waals surface area contributed by atoms with Crippen LogP contribution in [-0.2, 0) is 15.6 Å². The number of aromatic nitrogens is 2. The van der Waals surface area contributed by atoms with Crippen LogP contribution < -0.4 is 4.74 Å². The van der Waals surface area contributed by atoms with Gasteiger partial charge in [0, 0.05) is 28.6 Å². The van der Waals surface area contributed by atoms with Gasteiger partial charge in [-0.2, -0.15) is 0 Å². The zero-order chi connectivity index (χ0) is 32.6. The number of benzene rings is 3. The quantitative estimate of drug-likeness (QED) is 0.203. The van der Waals surface area contributed by atoms with Crippen molar-refractivity contribution in [2.24, 2.45) is 4.99 Å². The lowest BCUT2D eigenvalue weighted by molar-refractivity contribution is 0.000923. The first-order valence-corrected chi connectivity index (χ1v) is 16.8. The molecule has 3 heterocycles. The lowest BCUT2D eigenvalue weighted by Crippen LogP contribution is -2.49. The Hall–Kier alpha value is -4.12. The Morgan fingerprint density at radius 1 is 0.739 bits per heavy atom. The van der Waals surface area contributed by atoms with Crippen LogP contribution in [0, 0.1) is 6.92 Å². The summed E-state index contributed by atoms with van der Waals surface area (Å²) in [6.07, 6.45) is 6.38. The fourth-order valence-electron chi connectivity index (χ4n) is 7.17. The largest absolute Gasteiger partial charge is 0.469 e. The Morgan fingerprint density at radius 3 is 2.24 bits per heavy atom. The molecular formula is C41H47N3O2. The summed E-state index contributed by atoms with van der Waals surface area (Å²) in [5.41, 5.74) is 6.31. The van der Waals surface area contributed by atoms with E-state index < -0.39 is 0 Å². The third-order valence-corrected chi connectivity index (χ3v) is 10.4. The van der Waals surface area contributed by atoms with Gasteiger partial charge in [0.05, 0.1) is 11.0 Å². The fraction of sp³-hybridized carbons (Fsp3) is 0.415. The minimum absolute atomic E-state index is 0.0110. The summed E-state index contributed by atoms with van der Waals surface area (Å²) >= 11 is 0. The van der Waals surface area contributed by atoms with Gasteiger partial charge in [0.1, 0.15) is 28.5 Å². The van der Waals surface area contributed by atoms with Crippen LogP contribution in [0.5, 0.6) is 11.5 Å². The zero-order valence-electron chi connectivity index (χ0n) is 28.9. The predicted molar refractivity (Wildman–Crippen MR) is 190 cm³/mol. The van der Waals surface area contributed by atoms with Crippen LogP contribution in [-0.4, -0.2) is 26.6 Å². The second kappa shape index (κ2) is 10.4. The number of pyridine rings is 1. The summed E-state index contributed by atoms with van der Waals surface area (Å²) in [5, 5.41) is 2.39. The number of hydrogen-bond acceptors (Lipinski definition) is 4. The van der Waals surface area contributed by atoms with Crippen molar-refractivity contribution in [1.82, 2.24) is 9.55 Å². The van der Waals surface area contributed by atoms with E-state index in [1.165, 1.54) is 40.3 Å². The summed E-state index contributed by atoms with van der Waals surface area (Å²) in [6, 6.07) is 23.9. The first-order valence-electron chi connectivity index (χ1n) is 16.8. The highest BCUT2D eigenvalue weighted by Gasteiger charge is 2.53. The van der Waals surface area contributed by atoms with Crippen LogP contribution in [0.1, 0.15) is 103 Å². The smallest absolute Gasteiger partial charge is 0.217 e. The third kappa shape index (κ3) is 5.18. The van der Waals surface area contributed by atoms with Gasteiger partial charge in [0.15, 0.2) is 0 Å². The van der Waals surface area contributed by atoms with Crippen molar-refractivity contribution in [2.75, 3.05) is 0 Å². The molecule has 46 heavy (non-hydrogen) atoms. The van der Waals surface area contributed by atoms with E-state index in [-0.39, 0.29) is 22.0 Å². The van der Waals surface area contributed by atoms with Crippen molar-refractivity contribution in [3.8, 4) is 17.3 Å². The van der Waals surface area contributed by atoms with E-state index in [1.807, 2.05) is 6.20 Å². The number of ether oxygens (including phenoxy) is 2. The number of nitrogens with zero attached hydrogens (tertiary/aromatic N) is 3. The van der Waals surface area contributed by atoms with Crippen molar-refractivity contribution in [3.05, 3.63) is 95.2 Å². The summed E-state index contributed by atoms with van der Waals surface area (Å²) < 4.78 is 15.7. The SMILES string of the molecule is Cc1ccc2c(c1)c1ccc(Oc3cc(C4=N[C@]5(C)CCCC[C@]5(C)O4)cc(C(C)(C)C)c3)cc1n2-c1cc(C(C)(C)C)ccn1. The molecule has 238 valence electrons. The molecule has 0 N–H and O–H groups in total. The molecule has 0 bridgehead atoms. The molecule has 1 saturated carbocycles. The molecule has 5 aromatic rings. The van der Waals surface area contributed by atoms with Gasteiger partial charge in [-0.1, -0.05) is 59.6 Å². The highest BCUT2D eigenvalue weighted by molar-refractivity contribution is 6.09. The second-order valence-electron chi connectivity index (χ2n) is 16.0. The van der Waals surface area contributed by atoms with E-state index in [4.69, 9.17) is 19.5 Å². The van der Waals surface area contributed by atoms with Crippen molar-refractivity contribution in [3.63, 3.8) is 0 Å². The summed E-state index contributed by atoms with van der Waals surface area (Å²) in [7, 11) is 0. The topological polar surface area (TPSA) is 48.6 Å². The maximum absolute atomic E-state index is 6.74. The molecule has 5 nitrogen and oxygen atoms in total. The third-order valence-electron chi connectivity index (χ3n) is 10.4. The van der Waals surface area contributed by atoms with E-state index in [1.54, 1.807) is 0 Å². The molecule has 2 atom stereocenters. The van der Waals surface area contributed by atoms with E-state index >= 15 is 0 Å². The standard InChI is InChI=1S/C41H47N3O2/c1-26-12-15-34-33(20-26)32-14-13-30(25-35(32)44(34)36-24-28(16-19-42-36)38(2,3)4)45-31-22-27(21-29(23-31)39(5,6)7)37-43-40(8)17-10-11-18-41(40,9)46-37/h12-16,19-25H,10-11,17-18H2,1-9H3/t40-,41+/m1/s1. The minimum atomic E-state index is -0.269. The molecule has 0 spiro atoms. The van der Waals surface area contributed by atoms with Gasteiger partial charge in [0.25, 0.3) is 0 Å². The molecule has 2 aliphatic rings. The minimum Gasteiger partial charge on any atom is -0.469 e. The highest BCUT2D eigenvalue weighted by atomic mass is 16.5. The zero-order valence-corrected chi connectivity index (χ0v) is 28.9.